The van der Waals surface area contributed by atoms with E-state index in [-0.39, 0.29) is 17.3 Å². The van der Waals surface area contributed by atoms with Gasteiger partial charge in [0.2, 0.25) is 0 Å². The van der Waals surface area contributed by atoms with Crippen LogP contribution in [-0.2, 0) is 6.42 Å². The van der Waals surface area contributed by atoms with Crippen molar-refractivity contribution in [2.75, 3.05) is 0 Å². The second-order valence-electron chi connectivity index (χ2n) is 4.65. The molecular formula is C16H10BrFO2. The van der Waals surface area contributed by atoms with Crippen LogP contribution < -0.4 is 0 Å². The van der Waals surface area contributed by atoms with Crippen molar-refractivity contribution in [1.29, 1.82) is 0 Å². The summed E-state index contributed by atoms with van der Waals surface area (Å²) in [6.45, 7) is 0. The molecule has 1 N–H and O–H groups in total. The molecule has 0 aromatic heterocycles. The van der Waals surface area contributed by atoms with Crippen LogP contribution in [0.3, 0.4) is 0 Å². The van der Waals surface area contributed by atoms with E-state index in [1.165, 1.54) is 6.07 Å². The quantitative estimate of drug-likeness (QED) is 0.797. The van der Waals surface area contributed by atoms with Gasteiger partial charge in [-0.05, 0) is 45.8 Å². The fourth-order valence-electron chi connectivity index (χ4n) is 2.34. The highest BCUT2D eigenvalue weighted by atomic mass is 79.9. The lowest BCUT2D eigenvalue weighted by atomic mass is 10.1. The van der Waals surface area contributed by atoms with Gasteiger partial charge in [0.15, 0.2) is 5.78 Å². The highest BCUT2D eigenvalue weighted by molar-refractivity contribution is 9.10. The number of halogens is 2. The smallest absolute Gasteiger partial charge is 0.189 e. The second-order valence-corrected chi connectivity index (χ2v) is 5.51. The molecule has 4 heteroatoms. The number of allylic oxidation sites excluding steroid dienone is 1. The van der Waals surface area contributed by atoms with E-state index in [1.54, 1.807) is 36.4 Å². The first-order valence-corrected chi connectivity index (χ1v) is 6.87. The molecule has 0 radical (unpaired) electrons. The Morgan fingerprint density at radius 3 is 2.75 bits per heavy atom. The summed E-state index contributed by atoms with van der Waals surface area (Å²) in [6.07, 6.45) is 2.13. The van der Waals surface area contributed by atoms with Crippen LogP contribution in [-0.4, -0.2) is 10.9 Å². The number of aromatic hydroxyl groups is 1. The average molecular weight is 333 g/mol. The SMILES string of the molecule is O=C1/C(=C\c2ccc(F)c(Br)c2)Cc2c(O)cccc21. The lowest BCUT2D eigenvalue weighted by molar-refractivity contribution is 0.104. The number of phenolic OH excluding ortho intramolecular Hbond substituents is 1. The van der Waals surface area contributed by atoms with Gasteiger partial charge in [0.1, 0.15) is 11.6 Å². The maximum atomic E-state index is 13.2. The van der Waals surface area contributed by atoms with Gasteiger partial charge in [0.05, 0.1) is 4.47 Å². The standard InChI is InChI=1S/C16H10BrFO2/c17-13-7-9(4-5-14(13)18)6-10-8-12-11(16(10)20)2-1-3-15(12)19/h1-7,19H,8H2/b10-6-. The van der Waals surface area contributed by atoms with E-state index < -0.39 is 0 Å². The van der Waals surface area contributed by atoms with Gasteiger partial charge < -0.3 is 5.11 Å². The third-order valence-electron chi connectivity index (χ3n) is 3.34. The third kappa shape index (κ3) is 2.16. The molecule has 1 aliphatic carbocycles. The van der Waals surface area contributed by atoms with Crippen molar-refractivity contribution in [3.05, 3.63) is 69.0 Å². The summed E-state index contributed by atoms with van der Waals surface area (Å²) < 4.78 is 13.5. The summed E-state index contributed by atoms with van der Waals surface area (Å²) in [5.41, 5.74) is 2.54. The van der Waals surface area contributed by atoms with Crippen molar-refractivity contribution in [1.82, 2.24) is 0 Å². The lowest BCUT2D eigenvalue weighted by Crippen LogP contribution is -1.95. The molecule has 0 spiro atoms. The maximum Gasteiger partial charge on any atom is 0.189 e. The second kappa shape index (κ2) is 4.87. The van der Waals surface area contributed by atoms with Crippen molar-refractivity contribution >= 4 is 27.8 Å². The highest BCUT2D eigenvalue weighted by Crippen LogP contribution is 2.33. The van der Waals surface area contributed by atoms with Crippen LogP contribution in [0.25, 0.3) is 6.08 Å². The van der Waals surface area contributed by atoms with Crippen LogP contribution in [0.1, 0.15) is 21.5 Å². The minimum absolute atomic E-state index is 0.0867. The molecule has 100 valence electrons. The molecule has 2 aromatic rings. The van der Waals surface area contributed by atoms with Gasteiger partial charge in [-0.25, -0.2) is 4.39 Å². The molecule has 0 aliphatic heterocycles. The number of phenols is 1. The molecule has 2 aromatic carbocycles. The van der Waals surface area contributed by atoms with Crippen molar-refractivity contribution < 1.29 is 14.3 Å². The fourth-order valence-corrected chi connectivity index (χ4v) is 2.73. The zero-order valence-corrected chi connectivity index (χ0v) is 11.9. The molecule has 0 saturated heterocycles. The Kier molecular flexibility index (Phi) is 3.18. The number of rotatable bonds is 1. The molecule has 1 aliphatic rings. The number of carbonyl (C=O) groups excluding carboxylic acids is 1. The fraction of sp³-hybridized carbons (Fsp3) is 0.0625. The first kappa shape index (κ1) is 13.1. The van der Waals surface area contributed by atoms with Crippen LogP contribution in [0.2, 0.25) is 0 Å². The normalized spacial score (nSPS) is 15.7. The van der Waals surface area contributed by atoms with Gasteiger partial charge in [0, 0.05) is 23.1 Å². The highest BCUT2D eigenvalue weighted by Gasteiger charge is 2.26. The first-order valence-electron chi connectivity index (χ1n) is 6.07. The van der Waals surface area contributed by atoms with Crippen LogP contribution >= 0.6 is 15.9 Å². The number of Topliss-reactive ketones (excluding diaryl/α,β-unsaturated/α-hetero) is 1. The number of hydrogen-bond donors (Lipinski definition) is 1. The Bertz CT molecular complexity index is 750. The molecular weight excluding hydrogens is 323 g/mol. The van der Waals surface area contributed by atoms with Crippen molar-refractivity contribution in [2.24, 2.45) is 0 Å². The van der Waals surface area contributed by atoms with E-state index >= 15 is 0 Å². The molecule has 0 saturated carbocycles. The Hall–Kier alpha value is -1.94. The zero-order chi connectivity index (χ0) is 14.3. The monoisotopic (exact) mass is 332 g/mol. The van der Waals surface area contributed by atoms with Crippen LogP contribution in [0.15, 0.2) is 46.4 Å². The molecule has 3 rings (SSSR count). The van der Waals surface area contributed by atoms with Gasteiger partial charge in [-0.15, -0.1) is 0 Å². The predicted octanol–water partition coefficient (Wildman–Crippen LogP) is 4.12. The van der Waals surface area contributed by atoms with E-state index in [4.69, 9.17) is 0 Å². The lowest BCUT2D eigenvalue weighted by Gasteiger charge is -1.99. The number of ketones is 1. The van der Waals surface area contributed by atoms with Gasteiger partial charge in [-0.2, -0.15) is 0 Å². The molecule has 0 unspecified atom stereocenters. The van der Waals surface area contributed by atoms with Crippen LogP contribution in [0.5, 0.6) is 5.75 Å². The van der Waals surface area contributed by atoms with E-state index in [2.05, 4.69) is 15.9 Å². The number of carbonyl (C=O) groups is 1. The molecule has 0 heterocycles. The van der Waals surface area contributed by atoms with E-state index in [0.29, 0.717) is 27.6 Å². The summed E-state index contributed by atoms with van der Waals surface area (Å²) >= 11 is 3.12. The van der Waals surface area contributed by atoms with Crippen molar-refractivity contribution in [3.63, 3.8) is 0 Å². The van der Waals surface area contributed by atoms with Crippen molar-refractivity contribution in [2.45, 2.75) is 6.42 Å². The Labute approximate surface area is 123 Å². The van der Waals surface area contributed by atoms with Crippen molar-refractivity contribution in [3.8, 4) is 5.75 Å². The predicted molar refractivity (Wildman–Crippen MR) is 78.2 cm³/mol. The topological polar surface area (TPSA) is 37.3 Å². The number of hydrogen-bond acceptors (Lipinski definition) is 2. The van der Waals surface area contributed by atoms with Gasteiger partial charge in [0.25, 0.3) is 0 Å². The summed E-state index contributed by atoms with van der Waals surface area (Å²) in [6, 6.07) is 9.52. The molecule has 20 heavy (non-hydrogen) atoms. The van der Waals surface area contributed by atoms with Gasteiger partial charge in [-0.1, -0.05) is 18.2 Å². The van der Waals surface area contributed by atoms with Crippen LogP contribution in [0.4, 0.5) is 4.39 Å². The summed E-state index contributed by atoms with van der Waals surface area (Å²) in [5.74, 6) is -0.290. The number of fused-ring (bicyclic) bond motifs is 1. The molecule has 2 nitrogen and oxygen atoms in total. The Morgan fingerprint density at radius 1 is 1.25 bits per heavy atom. The minimum atomic E-state index is -0.342. The Balaban J connectivity index is 2.01. The summed E-state index contributed by atoms with van der Waals surface area (Å²) in [4.78, 5) is 12.2. The first-order chi connectivity index (χ1) is 9.56. The third-order valence-corrected chi connectivity index (χ3v) is 3.95. The largest absolute Gasteiger partial charge is 0.508 e. The average Bonchev–Trinajstić information content (AvgIpc) is 2.73. The van der Waals surface area contributed by atoms with Gasteiger partial charge >= 0.3 is 0 Å². The maximum absolute atomic E-state index is 13.2. The zero-order valence-electron chi connectivity index (χ0n) is 10.4. The van der Waals surface area contributed by atoms with E-state index in [1.807, 2.05) is 0 Å². The number of benzene rings is 2. The van der Waals surface area contributed by atoms with E-state index in [9.17, 15) is 14.3 Å². The van der Waals surface area contributed by atoms with Crippen LogP contribution in [0, 0.1) is 5.82 Å². The molecule has 0 atom stereocenters. The van der Waals surface area contributed by atoms with E-state index in [0.717, 1.165) is 5.56 Å². The Morgan fingerprint density at radius 2 is 2.05 bits per heavy atom. The molecule has 0 bridgehead atoms. The summed E-state index contributed by atoms with van der Waals surface area (Å²) in [7, 11) is 0. The minimum Gasteiger partial charge on any atom is -0.508 e. The molecule has 0 fully saturated rings. The molecule has 0 amide bonds. The van der Waals surface area contributed by atoms with Gasteiger partial charge in [-0.3, -0.25) is 4.79 Å². The summed E-state index contributed by atoms with van der Waals surface area (Å²) in [5, 5.41) is 9.78.